The van der Waals surface area contributed by atoms with Crippen molar-refractivity contribution in [3.8, 4) is 0 Å². The molecule has 5 heteroatoms. The van der Waals surface area contributed by atoms with E-state index in [1.54, 1.807) is 17.8 Å². The normalized spacial score (nSPS) is 10.5. The van der Waals surface area contributed by atoms with Crippen LogP contribution in [-0.2, 0) is 6.42 Å². The number of carbonyl (C=O) groups excluding carboxylic acids is 1. The van der Waals surface area contributed by atoms with Crippen LogP contribution < -0.4 is 5.73 Å². The molecule has 0 fully saturated rings. The number of pyridine rings is 1. The predicted octanol–water partition coefficient (Wildman–Crippen LogP) is 1.58. The Morgan fingerprint density at radius 2 is 2.35 bits per heavy atom. The van der Waals surface area contributed by atoms with Gasteiger partial charge in [-0.2, -0.15) is 0 Å². The fourth-order valence-corrected chi connectivity index (χ4v) is 2.29. The molecule has 0 bridgehead atoms. The van der Waals surface area contributed by atoms with E-state index in [4.69, 9.17) is 5.73 Å². The third-order valence-electron chi connectivity index (χ3n) is 2.43. The van der Waals surface area contributed by atoms with Gasteiger partial charge in [0, 0.05) is 29.8 Å². The van der Waals surface area contributed by atoms with Gasteiger partial charge >= 0.3 is 0 Å². The zero-order chi connectivity index (χ0) is 12.3. The van der Waals surface area contributed by atoms with E-state index in [1.165, 1.54) is 11.3 Å². The average Bonchev–Trinajstić information content (AvgIpc) is 2.78. The van der Waals surface area contributed by atoms with Crippen LogP contribution in [0.1, 0.15) is 26.6 Å². The number of carbonyl (C=O) groups is 1. The number of nitrogens with zero attached hydrogens (tertiary/aromatic N) is 2. The van der Waals surface area contributed by atoms with E-state index in [0.717, 1.165) is 10.6 Å². The molecule has 0 saturated carbocycles. The summed E-state index contributed by atoms with van der Waals surface area (Å²) in [6.45, 7) is 2.44. The predicted molar refractivity (Wildman–Crippen MR) is 67.3 cm³/mol. The smallest absolute Gasteiger partial charge is 0.214 e. The number of nitrogens with two attached hydrogens (primary N) is 1. The first-order valence-corrected chi connectivity index (χ1v) is 6.20. The van der Waals surface area contributed by atoms with Crippen molar-refractivity contribution in [2.75, 3.05) is 6.54 Å². The van der Waals surface area contributed by atoms with Crippen LogP contribution in [0, 0.1) is 6.92 Å². The number of hydrogen-bond acceptors (Lipinski definition) is 5. The minimum atomic E-state index is -0.0740. The van der Waals surface area contributed by atoms with Crippen molar-refractivity contribution in [1.82, 2.24) is 9.97 Å². The minimum absolute atomic E-state index is 0.0740. The number of ketones is 1. The molecule has 0 aliphatic rings. The quantitative estimate of drug-likeness (QED) is 0.833. The molecule has 2 aromatic heterocycles. The summed E-state index contributed by atoms with van der Waals surface area (Å²) < 4.78 is 0. The van der Waals surface area contributed by atoms with Gasteiger partial charge in [-0.3, -0.25) is 9.78 Å². The fraction of sp³-hybridized carbons (Fsp3) is 0.250. The van der Waals surface area contributed by atoms with Gasteiger partial charge in [-0.05, 0) is 25.1 Å². The van der Waals surface area contributed by atoms with Crippen molar-refractivity contribution < 1.29 is 4.79 Å². The highest BCUT2D eigenvalue weighted by Crippen LogP contribution is 2.16. The van der Waals surface area contributed by atoms with Crippen LogP contribution in [0.25, 0.3) is 0 Å². The van der Waals surface area contributed by atoms with Crippen LogP contribution >= 0.6 is 11.3 Å². The molecule has 0 radical (unpaired) electrons. The lowest BCUT2D eigenvalue weighted by atomic mass is 10.1. The molecular formula is C12H13N3OS. The maximum atomic E-state index is 12.2. The van der Waals surface area contributed by atoms with Gasteiger partial charge < -0.3 is 5.73 Å². The van der Waals surface area contributed by atoms with Crippen molar-refractivity contribution >= 4 is 17.1 Å². The average molecular weight is 247 g/mol. The first kappa shape index (κ1) is 11.9. The second kappa shape index (κ2) is 5.16. The van der Waals surface area contributed by atoms with E-state index in [0.29, 0.717) is 24.2 Å². The lowest BCUT2D eigenvalue weighted by molar-refractivity contribution is 0.103. The Kier molecular flexibility index (Phi) is 3.61. The highest BCUT2D eigenvalue weighted by Gasteiger charge is 2.15. The highest BCUT2D eigenvalue weighted by atomic mass is 32.1. The van der Waals surface area contributed by atoms with Crippen LogP contribution in [-0.4, -0.2) is 22.3 Å². The number of aryl methyl sites for hydroxylation is 1. The van der Waals surface area contributed by atoms with E-state index in [9.17, 15) is 4.79 Å². The summed E-state index contributed by atoms with van der Waals surface area (Å²) in [5, 5.41) is 2.68. The molecule has 0 unspecified atom stereocenters. The molecule has 2 aromatic rings. The highest BCUT2D eigenvalue weighted by molar-refractivity contribution is 7.09. The van der Waals surface area contributed by atoms with Gasteiger partial charge in [0.2, 0.25) is 5.78 Å². The summed E-state index contributed by atoms with van der Waals surface area (Å²) >= 11 is 1.47. The minimum Gasteiger partial charge on any atom is -0.330 e. The van der Waals surface area contributed by atoms with Crippen LogP contribution in [0.3, 0.4) is 0 Å². The number of thiazole rings is 1. The molecule has 0 aliphatic heterocycles. The van der Waals surface area contributed by atoms with Gasteiger partial charge in [0.15, 0.2) is 0 Å². The third-order valence-corrected chi connectivity index (χ3v) is 3.33. The Morgan fingerprint density at radius 3 is 3.06 bits per heavy atom. The Hall–Kier alpha value is -1.59. The Bertz CT molecular complexity index is 536. The van der Waals surface area contributed by atoms with E-state index in [-0.39, 0.29) is 5.78 Å². The number of rotatable bonds is 4. The van der Waals surface area contributed by atoms with E-state index < -0.39 is 0 Å². The van der Waals surface area contributed by atoms with Crippen molar-refractivity contribution in [3.63, 3.8) is 0 Å². The summed E-state index contributed by atoms with van der Waals surface area (Å²) in [5.74, 6) is -0.0740. The van der Waals surface area contributed by atoms with Crippen LogP contribution in [0.4, 0.5) is 0 Å². The molecular weight excluding hydrogens is 234 g/mol. The molecule has 2 heterocycles. The monoisotopic (exact) mass is 247 g/mol. The lowest BCUT2D eigenvalue weighted by Gasteiger charge is -2.00. The van der Waals surface area contributed by atoms with Gasteiger partial charge in [-0.15, -0.1) is 11.3 Å². The molecule has 0 aliphatic carbocycles. The SMILES string of the molecule is Cc1ccncc1C(=O)c1csc(CCN)n1. The maximum absolute atomic E-state index is 12.2. The topological polar surface area (TPSA) is 68.9 Å². The van der Waals surface area contributed by atoms with Crippen LogP contribution in [0.2, 0.25) is 0 Å². The van der Waals surface area contributed by atoms with Gasteiger partial charge in [-0.25, -0.2) is 4.98 Å². The summed E-state index contributed by atoms with van der Waals surface area (Å²) in [5.41, 5.74) is 7.46. The van der Waals surface area contributed by atoms with Crippen molar-refractivity contribution in [1.29, 1.82) is 0 Å². The van der Waals surface area contributed by atoms with Crippen LogP contribution in [0.15, 0.2) is 23.8 Å². The molecule has 88 valence electrons. The first-order chi connectivity index (χ1) is 8.22. The maximum Gasteiger partial charge on any atom is 0.214 e. The number of aromatic nitrogens is 2. The fourth-order valence-electron chi connectivity index (χ4n) is 1.49. The second-order valence-electron chi connectivity index (χ2n) is 3.68. The molecule has 17 heavy (non-hydrogen) atoms. The molecule has 2 rings (SSSR count). The standard InChI is InChI=1S/C12H13N3OS/c1-8-3-5-14-6-9(8)12(16)10-7-17-11(15-10)2-4-13/h3,5-7H,2,4,13H2,1H3. The van der Waals surface area contributed by atoms with E-state index in [2.05, 4.69) is 9.97 Å². The Morgan fingerprint density at radius 1 is 1.53 bits per heavy atom. The Labute approximate surface area is 104 Å². The number of hydrogen-bond donors (Lipinski definition) is 1. The molecule has 2 N–H and O–H groups in total. The summed E-state index contributed by atoms with van der Waals surface area (Å²) in [6.07, 6.45) is 3.97. The summed E-state index contributed by atoms with van der Waals surface area (Å²) in [6, 6.07) is 1.82. The second-order valence-corrected chi connectivity index (χ2v) is 4.63. The first-order valence-electron chi connectivity index (χ1n) is 5.32. The molecule has 0 saturated heterocycles. The van der Waals surface area contributed by atoms with E-state index >= 15 is 0 Å². The molecule has 4 nitrogen and oxygen atoms in total. The van der Waals surface area contributed by atoms with Crippen molar-refractivity contribution in [2.45, 2.75) is 13.3 Å². The third kappa shape index (κ3) is 2.57. The lowest BCUT2D eigenvalue weighted by Crippen LogP contribution is -2.06. The zero-order valence-corrected chi connectivity index (χ0v) is 10.3. The molecule has 0 atom stereocenters. The summed E-state index contributed by atoms with van der Waals surface area (Å²) in [4.78, 5) is 20.4. The van der Waals surface area contributed by atoms with Crippen LogP contribution in [0.5, 0.6) is 0 Å². The van der Waals surface area contributed by atoms with Gasteiger partial charge in [0.1, 0.15) is 5.69 Å². The van der Waals surface area contributed by atoms with Gasteiger partial charge in [0.25, 0.3) is 0 Å². The molecule has 0 spiro atoms. The molecule has 0 aromatic carbocycles. The largest absolute Gasteiger partial charge is 0.330 e. The van der Waals surface area contributed by atoms with Crippen molar-refractivity contribution in [3.05, 3.63) is 45.7 Å². The van der Waals surface area contributed by atoms with Gasteiger partial charge in [0.05, 0.1) is 5.01 Å². The van der Waals surface area contributed by atoms with Gasteiger partial charge in [-0.1, -0.05) is 0 Å². The Balaban J connectivity index is 2.28. The van der Waals surface area contributed by atoms with Crippen molar-refractivity contribution in [2.24, 2.45) is 5.73 Å². The molecule has 0 amide bonds. The van der Waals surface area contributed by atoms with E-state index in [1.807, 2.05) is 13.0 Å². The summed E-state index contributed by atoms with van der Waals surface area (Å²) in [7, 11) is 0. The zero-order valence-electron chi connectivity index (χ0n) is 9.51.